The lowest BCUT2D eigenvalue weighted by Crippen LogP contribution is -2.61. The van der Waals surface area contributed by atoms with Gasteiger partial charge < -0.3 is 26.0 Å². The normalized spacial score (nSPS) is 18.4. The highest BCUT2D eigenvalue weighted by Crippen LogP contribution is 2.31. The molecule has 4 N–H and O–H groups in total. The second kappa shape index (κ2) is 12.0. The van der Waals surface area contributed by atoms with E-state index in [1.165, 1.54) is 4.90 Å². The van der Waals surface area contributed by atoms with E-state index in [2.05, 4.69) is 10.2 Å². The van der Waals surface area contributed by atoms with E-state index < -0.39 is 5.60 Å². The van der Waals surface area contributed by atoms with Crippen molar-refractivity contribution in [3.05, 3.63) is 64.2 Å². The van der Waals surface area contributed by atoms with Crippen molar-refractivity contribution in [1.29, 1.82) is 0 Å². The number of amides is 2. The molecule has 0 aliphatic carbocycles. The summed E-state index contributed by atoms with van der Waals surface area (Å²) >= 11 is 6.41. The van der Waals surface area contributed by atoms with Gasteiger partial charge in [0.25, 0.3) is 11.8 Å². The Kier molecular flexibility index (Phi) is 9.52. The van der Waals surface area contributed by atoms with Gasteiger partial charge in [-0.3, -0.25) is 14.5 Å². The highest BCUT2D eigenvalue weighted by Gasteiger charge is 2.40. The molecule has 2 aromatic rings. The molecule has 2 aromatic carbocycles. The van der Waals surface area contributed by atoms with Gasteiger partial charge in [0.2, 0.25) is 0 Å². The number of aliphatic hydroxyl groups is 1. The number of rotatable bonds is 7. The summed E-state index contributed by atoms with van der Waals surface area (Å²) < 4.78 is 0. The summed E-state index contributed by atoms with van der Waals surface area (Å²) in [6.45, 7) is 4.93. The summed E-state index contributed by atoms with van der Waals surface area (Å²) in [6.07, 6.45) is 1.76. The third kappa shape index (κ3) is 6.23. The van der Waals surface area contributed by atoms with Crippen LogP contribution < -0.4 is 11.1 Å². The number of nitrogens with two attached hydrogens (primary N) is 1. The molecule has 2 heterocycles. The number of piperidine rings is 1. The van der Waals surface area contributed by atoms with Crippen LogP contribution >= 0.6 is 25.1 Å². The topological polar surface area (TPSA) is 102 Å². The van der Waals surface area contributed by atoms with Crippen LogP contribution in [-0.4, -0.2) is 84.0 Å². The quantitative estimate of drug-likeness (QED) is 0.492. The largest absolute Gasteiger partial charge is 0.379 e. The van der Waals surface area contributed by atoms with Crippen molar-refractivity contribution in [3.63, 3.8) is 0 Å². The molecular weight excluding hydrogens is 510 g/mol. The van der Waals surface area contributed by atoms with Gasteiger partial charge in [-0.2, -0.15) is 13.5 Å². The predicted molar refractivity (Wildman–Crippen MR) is 152 cm³/mol. The van der Waals surface area contributed by atoms with Crippen molar-refractivity contribution in [1.82, 2.24) is 14.7 Å². The molecule has 0 aromatic heterocycles. The van der Waals surface area contributed by atoms with Gasteiger partial charge >= 0.3 is 0 Å². The summed E-state index contributed by atoms with van der Waals surface area (Å²) in [6, 6.07) is 13.4. The monoisotopic (exact) mass is 547 g/mol. The summed E-state index contributed by atoms with van der Waals surface area (Å²) in [5.41, 5.74) is 7.24. The van der Waals surface area contributed by atoms with E-state index in [-0.39, 0.29) is 31.4 Å². The van der Waals surface area contributed by atoms with Crippen LogP contribution in [0.3, 0.4) is 0 Å². The van der Waals surface area contributed by atoms with Gasteiger partial charge in [0.05, 0.1) is 16.6 Å². The average molecular weight is 548 g/mol. The van der Waals surface area contributed by atoms with Gasteiger partial charge in [0, 0.05) is 58.5 Å². The molecule has 202 valence electrons. The molecule has 0 unspecified atom stereocenters. The fourth-order valence-corrected chi connectivity index (χ4v) is 5.32. The number of carbonyl (C=O) groups excluding carboxylic acids is 2. The Morgan fingerprint density at radius 1 is 1.16 bits per heavy atom. The lowest BCUT2D eigenvalue weighted by atomic mass is 9.92. The highest BCUT2D eigenvalue weighted by molar-refractivity contribution is 7.59. The Morgan fingerprint density at radius 2 is 1.78 bits per heavy atom. The number of likely N-dealkylation sites (tertiary alicyclic amines) is 2. The van der Waals surface area contributed by atoms with Gasteiger partial charge in [-0.15, -0.1) is 0 Å². The maximum absolute atomic E-state index is 13.0. The molecule has 2 aliphatic heterocycles. The fraction of sp³-hybridized carbons (Fsp3) is 0.481. The van der Waals surface area contributed by atoms with Crippen LogP contribution in [0.15, 0.2) is 42.5 Å². The Balaban J connectivity index is 0.00000380. The van der Waals surface area contributed by atoms with E-state index in [4.69, 9.17) is 17.3 Å². The molecule has 2 saturated heterocycles. The van der Waals surface area contributed by atoms with Gasteiger partial charge in [-0.1, -0.05) is 41.9 Å². The highest BCUT2D eigenvalue weighted by atomic mass is 35.5. The second-order valence-electron chi connectivity index (χ2n) is 10.1. The lowest BCUT2D eigenvalue weighted by Gasteiger charge is -2.48. The average Bonchev–Trinajstić information content (AvgIpc) is 2.85. The second-order valence-corrected chi connectivity index (χ2v) is 10.6. The SMILES string of the molecule is CN(C)C(=O)c1cc(CN)c(NC2CN(C3CCN(C(=O)[C@@](C)(O)c4ccccc4)CC3)C2)cc1Cl.S. The first kappa shape index (κ1) is 29.3. The first-order chi connectivity index (χ1) is 17.1. The van der Waals surface area contributed by atoms with Gasteiger partial charge in [0.1, 0.15) is 0 Å². The van der Waals surface area contributed by atoms with Crippen LogP contribution in [0.1, 0.15) is 41.3 Å². The zero-order valence-electron chi connectivity index (χ0n) is 21.7. The number of nitrogens with zero attached hydrogens (tertiary/aromatic N) is 3. The van der Waals surface area contributed by atoms with Crippen molar-refractivity contribution in [2.24, 2.45) is 5.73 Å². The lowest BCUT2D eigenvalue weighted by molar-refractivity contribution is -0.152. The zero-order chi connectivity index (χ0) is 26.0. The van der Waals surface area contributed by atoms with Crippen molar-refractivity contribution in [3.8, 4) is 0 Å². The number of halogens is 1. The van der Waals surface area contributed by atoms with Gasteiger partial charge in [-0.05, 0) is 43.0 Å². The van der Waals surface area contributed by atoms with Crippen LogP contribution in [0.2, 0.25) is 5.02 Å². The molecule has 8 nitrogen and oxygen atoms in total. The molecule has 4 rings (SSSR count). The summed E-state index contributed by atoms with van der Waals surface area (Å²) in [5.74, 6) is -0.385. The number of benzene rings is 2. The van der Waals surface area contributed by atoms with Crippen molar-refractivity contribution in [2.45, 2.75) is 44.0 Å². The standard InChI is InChI=1S/C27H36ClN5O3.H2S/c1-27(36,19-7-5-4-6-8-19)26(35)32-11-9-21(10-12-32)33-16-20(17-33)30-24-14-23(28)22(13-18(24)15-29)25(34)31(2)3;/h4-8,13-14,20-21,30,36H,9-12,15-17,29H2,1-3H3;1H2/t27-;/m0./s1. The van der Waals surface area contributed by atoms with Crippen LogP contribution in [0.5, 0.6) is 0 Å². The van der Waals surface area contributed by atoms with E-state index in [1.807, 2.05) is 18.2 Å². The molecule has 0 spiro atoms. The predicted octanol–water partition coefficient (Wildman–Crippen LogP) is 2.61. The Morgan fingerprint density at radius 3 is 2.35 bits per heavy atom. The molecule has 2 aliphatic rings. The summed E-state index contributed by atoms with van der Waals surface area (Å²) in [5, 5.41) is 14.9. The number of nitrogens with one attached hydrogen (secondary N) is 1. The molecular formula is C27H38ClN5O3S. The van der Waals surface area contributed by atoms with E-state index >= 15 is 0 Å². The number of hydrogen-bond donors (Lipinski definition) is 3. The number of anilines is 1. The van der Waals surface area contributed by atoms with E-state index in [0.29, 0.717) is 41.8 Å². The minimum atomic E-state index is -1.52. The van der Waals surface area contributed by atoms with Crippen LogP contribution in [0, 0.1) is 0 Å². The Labute approximate surface area is 231 Å². The number of carbonyl (C=O) groups is 2. The molecule has 37 heavy (non-hydrogen) atoms. The molecule has 10 heteroatoms. The zero-order valence-corrected chi connectivity index (χ0v) is 23.5. The van der Waals surface area contributed by atoms with Crippen LogP contribution in [0.25, 0.3) is 0 Å². The minimum absolute atomic E-state index is 0. The molecule has 2 amide bonds. The molecule has 0 radical (unpaired) electrons. The first-order valence-corrected chi connectivity index (χ1v) is 12.8. The molecule has 2 fully saturated rings. The molecule has 1 atom stereocenters. The maximum atomic E-state index is 13.0. The smallest absolute Gasteiger partial charge is 0.258 e. The van der Waals surface area contributed by atoms with Crippen LogP contribution in [0.4, 0.5) is 5.69 Å². The minimum Gasteiger partial charge on any atom is -0.379 e. The molecule has 0 bridgehead atoms. The van der Waals surface area contributed by atoms with E-state index in [9.17, 15) is 14.7 Å². The van der Waals surface area contributed by atoms with Crippen LogP contribution in [-0.2, 0) is 16.9 Å². The Bertz CT molecular complexity index is 1100. The maximum Gasteiger partial charge on any atom is 0.258 e. The van der Waals surface area contributed by atoms with Crippen molar-refractivity contribution in [2.75, 3.05) is 45.6 Å². The van der Waals surface area contributed by atoms with E-state index in [1.54, 1.807) is 50.2 Å². The van der Waals surface area contributed by atoms with Crippen molar-refractivity contribution < 1.29 is 14.7 Å². The molecule has 0 saturated carbocycles. The Hall–Kier alpha value is -2.30. The third-order valence-electron chi connectivity index (χ3n) is 7.34. The van der Waals surface area contributed by atoms with Crippen molar-refractivity contribution >= 4 is 42.6 Å². The summed E-state index contributed by atoms with van der Waals surface area (Å²) in [4.78, 5) is 31.1. The van der Waals surface area contributed by atoms with E-state index in [0.717, 1.165) is 37.2 Å². The fourth-order valence-electron chi connectivity index (χ4n) is 5.08. The first-order valence-electron chi connectivity index (χ1n) is 12.4. The number of hydrogen-bond acceptors (Lipinski definition) is 6. The summed E-state index contributed by atoms with van der Waals surface area (Å²) in [7, 11) is 3.39. The van der Waals surface area contributed by atoms with Gasteiger partial charge in [0.15, 0.2) is 5.60 Å². The third-order valence-corrected chi connectivity index (χ3v) is 7.65. The van der Waals surface area contributed by atoms with Gasteiger partial charge in [-0.25, -0.2) is 0 Å².